The van der Waals surface area contributed by atoms with Gasteiger partial charge < -0.3 is 9.47 Å². The van der Waals surface area contributed by atoms with Gasteiger partial charge in [-0.25, -0.2) is 12.8 Å². The van der Waals surface area contributed by atoms with Crippen molar-refractivity contribution in [1.29, 1.82) is 0 Å². The van der Waals surface area contributed by atoms with Gasteiger partial charge in [0.05, 0.1) is 14.2 Å². The number of rotatable bonds is 6. The third-order valence-electron chi connectivity index (χ3n) is 4.76. The van der Waals surface area contributed by atoms with E-state index in [1.165, 1.54) is 24.6 Å². The Kier molecular flexibility index (Phi) is 5.93. The highest BCUT2D eigenvalue weighted by atomic mass is 35.5. The minimum atomic E-state index is -4.03. The van der Waals surface area contributed by atoms with Gasteiger partial charge in [0.25, 0.3) is 0 Å². The van der Waals surface area contributed by atoms with E-state index in [2.05, 4.69) is 0 Å². The summed E-state index contributed by atoms with van der Waals surface area (Å²) < 4.78 is 52.4. The fourth-order valence-corrected chi connectivity index (χ4v) is 5.38. The van der Waals surface area contributed by atoms with Crippen LogP contribution in [0.15, 0.2) is 41.3 Å². The van der Waals surface area contributed by atoms with Crippen molar-refractivity contribution >= 4 is 21.6 Å². The molecule has 0 amide bonds. The lowest BCUT2D eigenvalue weighted by Crippen LogP contribution is -2.37. The molecule has 1 unspecified atom stereocenters. The molecule has 146 valence electrons. The molecule has 27 heavy (non-hydrogen) atoms. The molecular formula is C19H21ClFNO4S. The van der Waals surface area contributed by atoms with Crippen molar-refractivity contribution < 1.29 is 22.3 Å². The first-order chi connectivity index (χ1) is 12.9. The van der Waals surface area contributed by atoms with E-state index in [-0.39, 0.29) is 17.5 Å². The molecule has 1 fully saturated rings. The van der Waals surface area contributed by atoms with Crippen LogP contribution in [-0.4, -0.2) is 39.5 Å². The Labute approximate surface area is 163 Å². The molecule has 0 bridgehead atoms. The zero-order valence-electron chi connectivity index (χ0n) is 15.1. The summed E-state index contributed by atoms with van der Waals surface area (Å²) in [5.41, 5.74) is 0.874. The predicted molar refractivity (Wildman–Crippen MR) is 102 cm³/mol. The summed E-state index contributed by atoms with van der Waals surface area (Å²) in [6, 6.07) is 9.28. The maximum atomic E-state index is 14.6. The first kappa shape index (κ1) is 19.9. The van der Waals surface area contributed by atoms with Crippen molar-refractivity contribution in [2.24, 2.45) is 0 Å². The van der Waals surface area contributed by atoms with Crippen LogP contribution in [0.25, 0.3) is 0 Å². The van der Waals surface area contributed by atoms with Crippen molar-refractivity contribution in [2.75, 3.05) is 20.8 Å². The van der Waals surface area contributed by atoms with Crippen LogP contribution < -0.4 is 9.47 Å². The first-order valence-corrected chi connectivity index (χ1v) is 10.4. The van der Waals surface area contributed by atoms with Gasteiger partial charge in [0.1, 0.15) is 10.7 Å². The molecule has 0 spiro atoms. The third kappa shape index (κ3) is 3.90. The number of halogens is 2. The number of nitrogens with zero attached hydrogens (tertiary/aromatic N) is 1. The number of benzene rings is 2. The standard InChI is InChI=1S/C19H21ClFNO4S/c1-25-17-11-16(21)19(12-18(17)26-2)27(23,24)22-9-5-7-14(22)10-13-6-3-4-8-15(13)20/h3-4,6,8,11-12,14H,5,7,9-10H2,1-2H3. The second-order valence-electron chi connectivity index (χ2n) is 6.34. The Morgan fingerprint density at radius 2 is 1.85 bits per heavy atom. The zero-order valence-corrected chi connectivity index (χ0v) is 16.7. The van der Waals surface area contributed by atoms with Crippen molar-refractivity contribution in [2.45, 2.75) is 30.2 Å². The van der Waals surface area contributed by atoms with Crippen LogP contribution in [0.1, 0.15) is 18.4 Å². The highest BCUT2D eigenvalue weighted by Crippen LogP contribution is 2.36. The van der Waals surface area contributed by atoms with Gasteiger partial charge in [-0.2, -0.15) is 4.31 Å². The number of methoxy groups -OCH3 is 2. The summed E-state index contributed by atoms with van der Waals surface area (Å²) in [6.45, 7) is 0.339. The molecule has 0 saturated carbocycles. The van der Waals surface area contributed by atoms with Crippen molar-refractivity contribution in [3.05, 3.63) is 52.8 Å². The van der Waals surface area contributed by atoms with Gasteiger partial charge in [-0.1, -0.05) is 29.8 Å². The van der Waals surface area contributed by atoms with Crippen LogP contribution in [0.4, 0.5) is 4.39 Å². The van der Waals surface area contributed by atoms with E-state index in [1.807, 2.05) is 18.2 Å². The highest BCUT2D eigenvalue weighted by molar-refractivity contribution is 7.89. The number of hydrogen-bond acceptors (Lipinski definition) is 4. The van der Waals surface area contributed by atoms with Crippen molar-refractivity contribution in [3.63, 3.8) is 0 Å². The normalized spacial score (nSPS) is 17.9. The van der Waals surface area contributed by atoms with Gasteiger partial charge in [0, 0.05) is 29.7 Å². The van der Waals surface area contributed by atoms with E-state index < -0.39 is 20.7 Å². The van der Waals surface area contributed by atoms with Crippen LogP contribution in [-0.2, 0) is 16.4 Å². The lowest BCUT2D eigenvalue weighted by molar-refractivity contribution is 0.348. The zero-order chi connectivity index (χ0) is 19.6. The lowest BCUT2D eigenvalue weighted by atomic mass is 10.0. The molecule has 3 rings (SSSR count). The van der Waals surface area contributed by atoms with Gasteiger partial charge in [0.15, 0.2) is 11.5 Å². The van der Waals surface area contributed by atoms with Gasteiger partial charge >= 0.3 is 0 Å². The van der Waals surface area contributed by atoms with Crippen LogP contribution in [0, 0.1) is 5.82 Å². The van der Waals surface area contributed by atoms with E-state index >= 15 is 0 Å². The molecule has 8 heteroatoms. The summed E-state index contributed by atoms with van der Waals surface area (Å²) in [6.07, 6.45) is 1.89. The monoisotopic (exact) mass is 413 g/mol. The molecule has 0 N–H and O–H groups in total. The van der Waals surface area contributed by atoms with Gasteiger partial charge in [-0.15, -0.1) is 0 Å². The van der Waals surface area contributed by atoms with E-state index in [4.69, 9.17) is 21.1 Å². The minimum Gasteiger partial charge on any atom is -0.493 e. The molecule has 2 aromatic rings. The van der Waals surface area contributed by atoms with E-state index in [0.29, 0.717) is 30.8 Å². The quantitative estimate of drug-likeness (QED) is 0.720. The molecule has 1 aliphatic rings. The molecule has 5 nitrogen and oxygen atoms in total. The molecule has 1 heterocycles. The lowest BCUT2D eigenvalue weighted by Gasteiger charge is -2.25. The molecule has 1 aliphatic heterocycles. The van der Waals surface area contributed by atoms with E-state index in [0.717, 1.165) is 11.6 Å². The van der Waals surface area contributed by atoms with Crippen molar-refractivity contribution in [1.82, 2.24) is 4.31 Å². The average Bonchev–Trinajstić information content (AvgIpc) is 3.12. The SMILES string of the molecule is COc1cc(F)c(S(=O)(=O)N2CCCC2Cc2ccccc2Cl)cc1OC. The van der Waals surface area contributed by atoms with Crippen LogP contribution in [0.3, 0.4) is 0 Å². The maximum absolute atomic E-state index is 14.6. The molecule has 0 aliphatic carbocycles. The Balaban J connectivity index is 1.95. The maximum Gasteiger partial charge on any atom is 0.246 e. The summed E-state index contributed by atoms with van der Waals surface area (Å²) in [4.78, 5) is -0.411. The van der Waals surface area contributed by atoms with Gasteiger partial charge in [-0.3, -0.25) is 0 Å². The Morgan fingerprint density at radius 1 is 1.19 bits per heavy atom. The molecule has 0 radical (unpaired) electrons. The summed E-state index contributed by atoms with van der Waals surface area (Å²) in [5.74, 6) is -0.557. The topological polar surface area (TPSA) is 55.8 Å². The molecule has 0 aromatic heterocycles. The van der Waals surface area contributed by atoms with Crippen LogP contribution in [0.2, 0.25) is 5.02 Å². The molecule has 2 aromatic carbocycles. The van der Waals surface area contributed by atoms with E-state index in [1.54, 1.807) is 6.07 Å². The van der Waals surface area contributed by atoms with E-state index in [9.17, 15) is 12.8 Å². The second-order valence-corrected chi connectivity index (χ2v) is 8.61. The summed E-state index contributed by atoms with van der Waals surface area (Å²) in [7, 11) is -1.29. The van der Waals surface area contributed by atoms with Gasteiger partial charge in [0.2, 0.25) is 10.0 Å². The summed E-state index contributed by atoms with van der Waals surface area (Å²) in [5, 5.41) is 0.596. The average molecular weight is 414 g/mol. The Hall–Kier alpha value is -1.83. The van der Waals surface area contributed by atoms with Crippen molar-refractivity contribution in [3.8, 4) is 11.5 Å². The Bertz CT molecular complexity index is 935. The largest absolute Gasteiger partial charge is 0.493 e. The molecular weight excluding hydrogens is 393 g/mol. The smallest absolute Gasteiger partial charge is 0.246 e. The fraction of sp³-hybridized carbons (Fsp3) is 0.368. The molecule has 1 atom stereocenters. The van der Waals surface area contributed by atoms with Gasteiger partial charge in [-0.05, 0) is 30.9 Å². The summed E-state index contributed by atoms with van der Waals surface area (Å²) >= 11 is 6.22. The molecule has 1 saturated heterocycles. The Morgan fingerprint density at radius 3 is 2.52 bits per heavy atom. The number of ether oxygens (including phenoxy) is 2. The fourth-order valence-electron chi connectivity index (χ4n) is 3.41. The minimum absolute atomic E-state index is 0.142. The third-order valence-corrected chi connectivity index (χ3v) is 7.10. The highest BCUT2D eigenvalue weighted by Gasteiger charge is 2.37. The number of hydrogen-bond donors (Lipinski definition) is 0. The second kappa shape index (κ2) is 8.04. The first-order valence-electron chi connectivity index (χ1n) is 8.55. The number of sulfonamides is 1. The predicted octanol–water partition coefficient (Wildman–Crippen LogP) is 3.89. The van der Waals surface area contributed by atoms with Crippen LogP contribution in [0.5, 0.6) is 11.5 Å². The van der Waals surface area contributed by atoms with Crippen LogP contribution >= 0.6 is 11.6 Å².